The molecule has 0 aliphatic rings. The van der Waals surface area contributed by atoms with Gasteiger partial charge in [-0.05, 0) is 36.0 Å². The minimum Gasteiger partial charge on any atom is -0.370 e. The smallest absolute Gasteiger partial charge is 0.370 e. The average molecular weight is 499 g/mol. The number of nitrogens with one attached hydrogen (secondary N) is 2. The van der Waals surface area contributed by atoms with Crippen LogP contribution in [0, 0.1) is 0 Å². The molecule has 1 amide bonds. The molecule has 0 radical (unpaired) electrons. The lowest BCUT2D eigenvalue weighted by atomic mass is 10.2. The Hall–Kier alpha value is -0.410. The van der Waals surface area contributed by atoms with Gasteiger partial charge in [0.15, 0.2) is 0 Å². The molecule has 0 rings (SSSR count). The monoisotopic (exact) mass is 498 g/mol. The zero-order chi connectivity index (χ0) is 22.1. The lowest BCUT2D eigenvalue weighted by molar-refractivity contribution is -0.215. The van der Waals surface area contributed by atoms with Crippen LogP contribution < -0.4 is 10.6 Å². The molecule has 0 bridgehead atoms. The van der Waals surface area contributed by atoms with Crippen LogP contribution in [0.4, 0.5) is 26.3 Å². The number of hydrogen-bond acceptors (Lipinski definition) is 7. The van der Waals surface area contributed by atoms with E-state index in [1.807, 2.05) is 0 Å². The summed E-state index contributed by atoms with van der Waals surface area (Å²) in [5, 5.41) is 9.60. The molecule has 6 nitrogen and oxygen atoms in total. The molecule has 28 heavy (non-hydrogen) atoms. The van der Waals surface area contributed by atoms with E-state index in [0.717, 1.165) is 21.6 Å². The van der Waals surface area contributed by atoms with E-state index in [4.69, 9.17) is 28.3 Å². The van der Waals surface area contributed by atoms with Gasteiger partial charge in [-0.3, -0.25) is 19.7 Å². The molecule has 0 fully saturated rings. The summed E-state index contributed by atoms with van der Waals surface area (Å²) in [6.07, 6.45) is -13.5. The fourth-order valence-electron chi connectivity index (χ4n) is 1.48. The number of rotatable bonds is 12. The first-order chi connectivity index (χ1) is 12.7. The SMILES string of the molecule is O=C(Cl)C(CCSSCCC(NC(O)C(F)(F)F)C(=O)Cl)NC(=O)C(F)(F)F. The quantitative estimate of drug-likeness (QED) is 0.125. The third-order valence-corrected chi connectivity index (χ3v) is 5.84. The van der Waals surface area contributed by atoms with Crippen LogP contribution in [-0.2, 0) is 14.4 Å². The van der Waals surface area contributed by atoms with Crippen LogP contribution in [0.3, 0.4) is 0 Å². The predicted octanol–water partition coefficient (Wildman–Crippen LogP) is 2.56. The maximum Gasteiger partial charge on any atom is 0.471 e. The fraction of sp³-hybridized carbons (Fsp3) is 0.750. The first kappa shape index (κ1) is 27.6. The largest absolute Gasteiger partial charge is 0.471 e. The van der Waals surface area contributed by atoms with Crippen molar-refractivity contribution in [3.05, 3.63) is 0 Å². The molecule has 0 aromatic carbocycles. The van der Waals surface area contributed by atoms with Gasteiger partial charge in [-0.1, -0.05) is 21.6 Å². The normalized spacial score (nSPS) is 15.6. The van der Waals surface area contributed by atoms with Crippen molar-refractivity contribution in [3.63, 3.8) is 0 Å². The summed E-state index contributed by atoms with van der Waals surface area (Å²) in [4.78, 5) is 33.0. The van der Waals surface area contributed by atoms with Gasteiger partial charge in [-0.15, -0.1) is 0 Å². The van der Waals surface area contributed by atoms with Crippen LogP contribution in [0.25, 0.3) is 0 Å². The van der Waals surface area contributed by atoms with Gasteiger partial charge in [0.05, 0.1) is 6.04 Å². The maximum absolute atomic E-state index is 12.3. The number of amides is 1. The number of alkyl halides is 6. The van der Waals surface area contributed by atoms with Crippen molar-refractivity contribution in [2.75, 3.05) is 11.5 Å². The van der Waals surface area contributed by atoms with Crippen molar-refractivity contribution in [1.82, 2.24) is 10.6 Å². The third kappa shape index (κ3) is 11.6. The van der Waals surface area contributed by atoms with Crippen LogP contribution in [0.5, 0.6) is 0 Å². The molecule has 3 atom stereocenters. The fourth-order valence-corrected chi connectivity index (χ4v) is 4.00. The molecule has 0 aromatic heterocycles. The zero-order valence-corrected chi connectivity index (χ0v) is 16.7. The average Bonchev–Trinajstić information content (AvgIpc) is 2.52. The van der Waals surface area contributed by atoms with Gasteiger partial charge in [-0.25, -0.2) is 0 Å². The number of aliphatic hydroxyl groups is 1. The van der Waals surface area contributed by atoms with E-state index in [1.54, 1.807) is 5.32 Å². The summed E-state index contributed by atoms with van der Waals surface area (Å²) in [6.45, 7) is 0. The maximum atomic E-state index is 12.3. The molecule has 3 N–H and O–H groups in total. The van der Waals surface area contributed by atoms with Crippen LogP contribution in [0.1, 0.15) is 12.8 Å². The minimum atomic E-state index is -5.18. The lowest BCUT2D eigenvalue weighted by Crippen LogP contribution is -2.49. The lowest BCUT2D eigenvalue weighted by Gasteiger charge is -2.21. The number of carbonyl (C=O) groups is 3. The summed E-state index contributed by atoms with van der Waals surface area (Å²) >= 11 is 10.3. The highest BCUT2D eigenvalue weighted by Crippen LogP contribution is 2.25. The molecule has 3 unspecified atom stereocenters. The van der Waals surface area contributed by atoms with Crippen LogP contribution >= 0.6 is 44.8 Å². The van der Waals surface area contributed by atoms with Crippen molar-refractivity contribution >= 4 is 61.2 Å². The van der Waals surface area contributed by atoms with Crippen LogP contribution in [-0.4, -0.2) is 63.7 Å². The molecule has 0 spiro atoms. The highest BCUT2D eigenvalue weighted by Gasteiger charge is 2.41. The van der Waals surface area contributed by atoms with Gasteiger partial charge < -0.3 is 10.4 Å². The first-order valence-corrected chi connectivity index (χ1v) is 10.4. The van der Waals surface area contributed by atoms with E-state index in [2.05, 4.69) is 0 Å². The van der Waals surface area contributed by atoms with E-state index >= 15 is 0 Å². The predicted molar refractivity (Wildman–Crippen MR) is 92.8 cm³/mol. The number of hydrogen-bond donors (Lipinski definition) is 3. The molecule has 0 aromatic rings. The Morgan fingerprint density at radius 3 is 1.68 bits per heavy atom. The van der Waals surface area contributed by atoms with Crippen molar-refractivity contribution in [1.29, 1.82) is 0 Å². The van der Waals surface area contributed by atoms with Gasteiger partial charge in [0, 0.05) is 11.5 Å². The molecular formula is C12H14Cl2F6N2O4S2. The summed E-state index contributed by atoms with van der Waals surface area (Å²) in [5.41, 5.74) is 0. The Labute approximate surface area is 172 Å². The van der Waals surface area contributed by atoms with Gasteiger partial charge in [0.2, 0.25) is 16.7 Å². The molecule has 0 heterocycles. The van der Waals surface area contributed by atoms with Crippen molar-refractivity contribution in [2.45, 2.75) is 43.5 Å². The Morgan fingerprint density at radius 2 is 1.32 bits per heavy atom. The van der Waals surface area contributed by atoms with Crippen molar-refractivity contribution in [2.24, 2.45) is 0 Å². The Bertz CT molecular complexity index is 553. The molecule has 16 heteroatoms. The van der Waals surface area contributed by atoms with Crippen molar-refractivity contribution < 1.29 is 45.8 Å². The van der Waals surface area contributed by atoms with E-state index < -0.39 is 47.1 Å². The Kier molecular flexibility index (Phi) is 12.1. The summed E-state index contributed by atoms with van der Waals surface area (Å²) in [6, 6.07) is -3.04. The third-order valence-electron chi connectivity index (χ3n) is 2.84. The molecule has 0 saturated heterocycles. The summed E-state index contributed by atoms with van der Waals surface area (Å²) in [5.74, 6) is -2.18. The Balaban J connectivity index is 4.29. The highest BCUT2D eigenvalue weighted by atomic mass is 35.5. The second-order valence-corrected chi connectivity index (χ2v) is 8.46. The van der Waals surface area contributed by atoms with Gasteiger partial charge in [0.25, 0.3) is 0 Å². The van der Waals surface area contributed by atoms with Crippen molar-refractivity contribution in [3.8, 4) is 0 Å². The zero-order valence-electron chi connectivity index (χ0n) is 13.6. The number of carbonyl (C=O) groups excluding carboxylic acids is 3. The molecular weight excluding hydrogens is 485 g/mol. The molecule has 0 saturated carbocycles. The van der Waals surface area contributed by atoms with Gasteiger partial charge >= 0.3 is 18.3 Å². The molecule has 164 valence electrons. The van der Waals surface area contributed by atoms with E-state index in [0.29, 0.717) is 0 Å². The van der Waals surface area contributed by atoms with E-state index in [1.165, 1.54) is 5.32 Å². The summed E-state index contributed by atoms with van der Waals surface area (Å²) in [7, 11) is 2.04. The molecule has 0 aliphatic carbocycles. The topological polar surface area (TPSA) is 95.5 Å². The summed E-state index contributed by atoms with van der Waals surface area (Å²) < 4.78 is 73.2. The second-order valence-electron chi connectivity index (χ2n) is 5.02. The van der Waals surface area contributed by atoms with E-state index in [-0.39, 0.29) is 24.3 Å². The minimum absolute atomic E-state index is 0.0595. The second kappa shape index (κ2) is 12.3. The van der Waals surface area contributed by atoms with E-state index in [9.17, 15) is 40.7 Å². The number of aliphatic hydroxyl groups excluding tert-OH is 1. The first-order valence-electron chi connectivity index (χ1n) is 7.17. The standard InChI is InChI=1S/C12H14Cl2F6N2O4S2/c13-7(23)5(21-9(25)11(15,16)17)1-3-27-28-4-2-6(8(14)24)22-10(26)12(18,19)20/h5-6,9,21,25H,1-4H2,(H,22,26). The molecule has 0 aliphatic heterocycles. The van der Waals surface area contributed by atoms with Crippen LogP contribution in [0.15, 0.2) is 0 Å². The van der Waals surface area contributed by atoms with Gasteiger partial charge in [0.1, 0.15) is 6.04 Å². The van der Waals surface area contributed by atoms with Crippen LogP contribution in [0.2, 0.25) is 0 Å². The Morgan fingerprint density at radius 1 is 0.893 bits per heavy atom. The highest BCUT2D eigenvalue weighted by molar-refractivity contribution is 8.76. The van der Waals surface area contributed by atoms with Gasteiger partial charge in [-0.2, -0.15) is 26.3 Å². The number of halogens is 8.